The molecule has 1 aromatic heterocycles. The van der Waals surface area contributed by atoms with Crippen molar-refractivity contribution < 1.29 is 46.4 Å². The van der Waals surface area contributed by atoms with E-state index in [1.165, 1.54) is 59.0 Å². The smallest absolute Gasteiger partial charge is 0.411 e. The van der Waals surface area contributed by atoms with Gasteiger partial charge < -0.3 is 18.6 Å². The number of sulfonamides is 1. The van der Waals surface area contributed by atoms with Crippen LogP contribution < -0.4 is 0 Å². The summed E-state index contributed by atoms with van der Waals surface area (Å²) in [5.74, 6) is -1.96. The van der Waals surface area contributed by atoms with Crippen LogP contribution in [0.25, 0.3) is 0 Å². The Balaban J connectivity index is 1.48. The maximum absolute atomic E-state index is 14.3. The Morgan fingerprint density at radius 1 is 1.04 bits per heavy atom. The average Bonchev–Trinajstić information content (AvgIpc) is 3.68. The van der Waals surface area contributed by atoms with Gasteiger partial charge in [0.25, 0.3) is 5.69 Å². The number of furan rings is 1. The number of methoxy groups -OCH3 is 1. The highest BCUT2D eigenvalue weighted by Crippen LogP contribution is 2.67. The third-order valence-electron chi connectivity index (χ3n) is 9.20. The number of likely N-dealkylation sites (tertiary alicyclic amines) is 1. The van der Waals surface area contributed by atoms with Gasteiger partial charge >= 0.3 is 18.0 Å². The number of piperidine rings is 1. The van der Waals surface area contributed by atoms with Crippen LogP contribution >= 0.6 is 0 Å². The number of carbonyl (C=O) groups excluding carboxylic acids is 3. The van der Waals surface area contributed by atoms with Gasteiger partial charge in [-0.2, -0.15) is 4.31 Å². The van der Waals surface area contributed by atoms with Gasteiger partial charge in [-0.25, -0.2) is 22.8 Å². The number of aryl methyl sites for hydroxylation is 1. The molecule has 0 N–H and O–H groups in total. The van der Waals surface area contributed by atoms with E-state index in [9.17, 15) is 32.9 Å². The van der Waals surface area contributed by atoms with Crippen molar-refractivity contribution in [2.24, 2.45) is 5.41 Å². The Labute approximate surface area is 276 Å². The van der Waals surface area contributed by atoms with Crippen molar-refractivity contribution in [2.75, 3.05) is 20.2 Å². The molecule has 48 heavy (non-hydrogen) atoms. The van der Waals surface area contributed by atoms with Gasteiger partial charge in [0, 0.05) is 35.6 Å². The third-order valence-corrected chi connectivity index (χ3v) is 11.0. The van der Waals surface area contributed by atoms with E-state index in [2.05, 4.69) is 0 Å². The summed E-state index contributed by atoms with van der Waals surface area (Å²) >= 11 is 0. The van der Waals surface area contributed by atoms with Crippen molar-refractivity contribution in [3.8, 4) is 0 Å². The van der Waals surface area contributed by atoms with Gasteiger partial charge in [-0.1, -0.05) is 17.7 Å². The molecule has 1 aliphatic carbocycles. The molecule has 0 saturated carbocycles. The Bertz CT molecular complexity index is 1880. The second kappa shape index (κ2) is 11.7. The van der Waals surface area contributed by atoms with Gasteiger partial charge in [0.2, 0.25) is 10.0 Å². The zero-order valence-electron chi connectivity index (χ0n) is 26.9. The van der Waals surface area contributed by atoms with Crippen LogP contribution in [0.1, 0.15) is 66.4 Å². The van der Waals surface area contributed by atoms with Crippen molar-refractivity contribution >= 4 is 33.7 Å². The molecule has 14 nitrogen and oxygen atoms in total. The fourth-order valence-corrected chi connectivity index (χ4v) is 8.83. The number of nitro benzene ring substituents is 1. The van der Waals surface area contributed by atoms with Crippen LogP contribution in [0.3, 0.4) is 0 Å². The molecule has 0 unspecified atom stereocenters. The highest BCUT2D eigenvalue weighted by atomic mass is 32.2. The van der Waals surface area contributed by atoms with Crippen LogP contribution in [0.4, 0.5) is 10.5 Å². The molecule has 2 aliphatic heterocycles. The van der Waals surface area contributed by atoms with Gasteiger partial charge in [-0.15, -0.1) is 0 Å². The lowest BCUT2D eigenvalue weighted by Crippen LogP contribution is -2.56. The molecule has 0 bridgehead atoms. The molecule has 254 valence electrons. The molecule has 3 aliphatic rings. The predicted molar refractivity (Wildman–Crippen MR) is 167 cm³/mol. The van der Waals surface area contributed by atoms with Crippen LogP contribution in [0.15, 0.2) is 70.2 Å². The van der Waals surface area contributed by atoms with E-state index in [1.807, 2.05) is 6.92 Å². The first-order valence-corrected chi connectivity index (χ1v) is 16.7. The fraction of sp³-hybridized carbons (Fsp3) is 0.424. The quantitative estimate of drug-likeness (QED) is 0.152. The van der Waals surface area contributed by atoms with E-state index < -0.39 is 68.1 Å². The first-order valence-electron chi connectivity index (χ1n) is 15.3. The molecule has 2 fully saturated rings. The molecule has 3 aromatic rings. The van der Waals surface area contributed by atoms with E-state index in [0.717, 1.165) is 5.56 Å². The van der Waals surface area contributed by atoms with Gasteiger partial charge in [0.15, 0.2) is 0 Å². The van der Waals surface area contributed by atoms with Crippen LogP contribution in [0.2, 0.25) is 0 Å². The molecular formula is C33H35N3O11S. The molecule has 0 radical (unpaired) electrons. The highest BCUT2D eigenvalue weighted by Gasteiger charge is 2.71. The Morgan fingerprint density at radius 2 is 1.71 bits per heavy atom. The normalized spacial score (nSPS) is 25.1. The number of rotatable bonds is 6. The predicted octanol–water partition coefficient (Wildman–Crippen LogP) is 4.73. The Hall–Kier alpha value is -4.76. The van der Waals surface area contributed by atoms with Crippen molar-refractivity contribution in [3.05, 3.63) is 93.4 Å². The SMILES string of the molecule is COC(=O)[C@@H]1C[C@@]23CN(S(=O)(=O)c4ccc(C)cc4)C[C@@H](OC(=O)c4ccc([N+](=O)[O-])cc4)[C@@H]2c2ccoc2[C@H]3N1C(=O)OC(C)(C)C. The highest BCUT2D eigenvalue weighted by molar-refractivity contribution is 7.89. The first kappa shape index (κ1) is 33.2. The largest absolute Gasteiger partial charge is 0.467 e. The van der Waals surface area contributed by atoms with E-state index in [1.54, 1.807) is 39.0 Å². The summed E-state index contributed by atoms with van der Waals surface area (Å²) in [7, 11) is -3.01. The summed E-state index contributed by atoms with van der Waals surface area (Å²) in [5, 5.41) is 11.2. The number of benzene rings is 2. The zero-order chi connectivity index (χ0) is 34.8. The summed E-state index contributed by atoms with van der Waals surface area (Å²) < 4.78 is 52.7. The lowest BCUT2D eigenvalue weighted by molar-refractivity contribution is -0.384. The Kier molecular flexibility index (Phi) is 8.11. The van der Waals surface area contributed by atoms with Gasteiger partial charge in [-0.3, -0.25) is 15.0 Å². The minimum Gasteiger partial charge on any atom is -0.467 e. The van der Waals surface area contributed by atoms with Gasteiger partial charge in [-0.05, 0) is 64.4 Å². The maximum Gasteiger partial charge on any atom is 0.411 e. The minimum absolute atomic E-state index is 0.0149. The summed E-state index contributed by atoms with van der Waals surface area (Å²) in [4.78, 5) is 52.7. The first-order chi connectivity index (χ1) is 22.6. The van der Waals surface area contributed by atoms with Crippen LogP contribution in [0.5, 0.6) is 0 Å². The van der Waals surface area contributed by atoms with Crippen LogP contribution in [-0.2, 0) is 29.0 Å². The number of amides is 1. The maximum atomic E-state index is 14.3. The number of nitrogens with zero attached hydrogens (tertiary/aromatic N) is 3. The lowest BCUT2D eigenvalue weighted by Gasteiger charge is -2.47. The molecule has 1 spiro atoms. The number of carbonyl (C=O) groups is 3. The topological polar surface area (TPSA) is 176 Å². The van der Waals surface area contributed by atoms with Crippen molar-refractivity contribution in [1.82, 2.24) is 9.21 Å². The monoisotopic (exact) mass is 681 g/mol. The van der Waals surface area contributed by atoms with Crippen LogP contribution in [0, 0.1) is 22.5 Å². The van der Waals surface area contributed by atoms with Crippen molar-refractivity contribution in [2.45, 2.75) is 68.7 Å². The van der Waals surface area contributed by atoms with Crippen molar-refractivity contribution in [1.29, 1.82) is 0 Å². The molecule has 2 saturated heterocycles. The molecular weight excluding hydrogens is 646 g/mol. The number of esters is 2. The Morgan fingerprint density at radius 3 is 2.31 bits per heavy atom. The van der Waals surface area contributed by atoms with Gasteiger partial charge in [0.05, 0.1) is 35.3 Å². The number of nitro groups is 1. The number of hydrogen-bond acceptors (Lipinski definition) is 11. The summed E-state index contributed by atoms with van der Waals surface area (Å²) in [6, 6.07) is 10.7. The molecule has 1 amide bonds. The molecule has 5 atom stereocenters. The van der Waals surface area contributed by atoms with E-state index >= 15 is 0 Å². The van der Waals surface area contributed by atoms with E-state index in [0.29, 0.717) is 11.3 Å². The number of fused-ring (bicyclic) bond motifs is 3. The lowest BCUT2D eigenvalue weighted by atomic mass is 9.67. The summed E-state index contributed by atoms with van der Waals surface area (Å²) in [6.45, 7) is 6.47. The number of hydrogen-bond donors (Lipinski definition) is 0. The van der Waals surface area contributed by atoms with E-state index in [4.69, 9.17) is 18.6 Å². The zero-order valence-corrected chi connectivity index (χ0v) is 27.8. The van der Waals surface area contributed by atoms with Crippen molar-refractivity contribution in [3.63, 3.8) is 0 Å². The molecule has 3 heterocycles. The molecule has 6 rings (SSSR count). The van der Waals surface area contributed by atoms with Gasteiger partial charge in [0.1, 0.15) is 29.5 Å². The van der Waals surface area contributed by atoms with Crippen LogP contribution in [-0.4, -0.2) is 78.5 Å². The summed E-state index contributed by atoms with van der Waals surface area (Å²) in [6.07, 6.45) is -0.567. The second-order valence-electron chi connectivity index (χ2n) is 13.3. The number of ether oxygens (including phenoxy) is 3. The standard InChI is InChI=1S/C33H35N3O11S/c1-19-6-12-22(13-7-19)48(42,43)34-17-25(46-29(37)20-8-10-21(11-9-20)36(40)41)26-23-14-15-45-27(23)28-33(26,18-34)16-24(30(38)44-5)35(28)31(39)47-32(2,3)4/h6-15,24-26,28H,16-18H2,1-5H3/t24-,25+,26-,28+,33+/m0/s1. The fourth-order valence-electron chi connectivity index (χ4n) is 7.30. The molecule has 2 aromatic carbocycles. The molecule has 15 heteroatoms. The summed E-state index contributed by atoms with van der Waals surface area (Å²) in [5.41, 5.74) is -0.904. The van der Waals surface area contributed by atoms with E-state index in [-0.39, 0.29) is 35.7 Å². The second-order valence-corrected chi connectivity index (χ2v) is 15.3. The average molecular weight is 682 g/mol. The minimum atomic E-state index is -4.20. The third kappa shape index (κ3) is 5.49. The number of non-ortho nitro benzene ring substituents is 1.